The molecule has 0 fully saturated rings. The maximum Gasteiger partial charge on any atom is 0.161 e. The number of methoxy groups -OCH3 is 1. The number of rotatable bonds is 7. The third kappa shape index (κ3) is 5.64. The van der Waals surface area contributed by atoms with Crippen molar-refractivity contribution < 1.29 is 9.47 Å². The maximum absolute atomic E-state index is 5.99. The van der Waals surface area contributed by atoms with Crippen LogP contribution in [-0.2, 0) is 6.61 Å². The lowest BCUT2D eigenvalue weighted by molar-refractivity contribution is 0.284. The van der Waals surface area contributed by atoms with Crippen LogP contribution in [0, 0.1) is 0 Å². The van der Waals surface area contributed by atoms with Crippen LogP contribution < -0.4 is 14.9 Å². The molecule has 28 heavy (non-hydrogen) atoms. The minimum absolute atomic E-state index is 0.454. The molecule has 0 atom stereocenters. The predicted molar refractivity (Wildman–Crippen MR) is 119 cm³/mol. The Hall–Kier alpha value is -2.21. The normalized spacial score (nSPS) is 10.9. The fraction of sp³-hybridized carbons (Fsp3) is 0.0952. The summed E-state index contributed by atoms with van der Waals surface area (Å²) >= 11 is 15.3. The number of hydrogen-bond donors (Lipinski definition) is 1. The van der Waals surface area contributed by atoms with Gasteiger partial charge >= 0.3 is 0 Å². The van der Waals surface area contributed by atoms with Crippen molar-refractivity contribution in [3.63, 3.8) is 0 Å². The molecule has 0 saturated carbocycles. The predicted octanol–water partition coefficient (Wildman–Crippen LogP) is 6.79. The number of anilines is 1. The van der Waals surface area contributed by atoms with Crippen LogP contribution in [0.4, 0.5) is 5.69 Å². The van der Waals surface area contributed by atoms with Gasteiger partial charge in [0.15, 0.2) is 11.5 Å². The van der Waals surface area contributed by atoms with E-state index in [0.29, 0.717) is 28.2 Å². The van der Waals surface area contributed by atoms with Crippen molar-refractivity contribution >= 4 is 51.0 Å². The SMILES string of the molecule is COc1cc(C=NNc2ccc(Cl)c(Cl)c2)ccc1OCc1ccc(Br)cc1. The van der Waals surface area contributed by atoms with Crippen molar-refractivity contribution in [3.05, 3.63) is 86.3 Å². The average Bonchev–Trinajstić information content (AvgIpc) is 2.70. The van der Waals surface area contributed by atoms with Crippen molar-refractivity contribution in [2.24, 2.45) is 5.10 Å². The van der Waals surface area contributed by atoms with Gasteiger partial charge in [-0.25, -0.2) is 0 Å². The van der Waals surface area contributed by atoms with E-state index in [0.717, 1.165) is 21.3 Å². The molecule has 0 heterocycles. The van der Waals surface area contributed by atoms with Crippen LogP contribution in [0.5, 0.6) is 11.5 Å². The molecule has 7 heteroatoms. The molecule has 1 N–H and O–H groups in total. The summed E-state index contributed by atoms with van der Waals surface area (Å²) in [5.41, 5.74) is 5.59. The molecule has 0 aliphatic heterocycles. The van der Waals surface area contributed by atoms with Crippen LogP contribution >= 0.6 is 39.1 Å². The van der Waals surface area contributed by atoms with Crippen molar-refractivity contribution in [2.45, 2.75) is 6.61 Å². The number of nitrogens with zero attached hydrogens (tertiary/aromatic N) is 1. The zero-order valence-electron chi connectivity index (χ0n) is 15.0. The van der Waals surface area contributed by atoms with Gasteiger partial charge in [-0.05, 0) is 59.7 Å². The van der Waals surface area contributed by atoms with E-state index in [1.54, 1.807) is 31.5 Å². The molecule has 0 saturated heterocycles. The first-order valence-electron chi connectivity index (χ1n) is 8.34. The molecular weight excluding hydrogens is 463 g/mol. The summed E-state index contributed by atoms with van der Waals surface area (Å²) < 4.78 is 12.4. The molecule has 0 radical (unpaired) electrons. The van der Waals surface area contributed by atoms with E-state index < -0.39 is 0 Å². The summed E-state index contributed by atoms with van der Waals surface area (Å²) in [7, 11) is 1.61. The second-order valence-electron chi connectivity index (χ2n) is 5.82. The summed E-state index contributed by atoms with van der Waals surface area (Å²) in [6.07, 6.45) is 1.68. The van der Waals surface area contributed by atoms with E-state index in [1.807, 2.05) is 42.5 Å². The fourth-order valence-electron chi connectivity index (χ4n) is 2.37. The highest BCUT2D eigenvalue weighted by atomic mass is 79.9. The number of ether oxygens (including phenoxy) is 2. The van der Waals surface area contributed by atoms with Gasteiger partial charge in [-0.2, -0.15) is 5.10 Å². The molecule has 0 aliphatic carbocycles. The van der Waals surface area contributed by atoms with E-state index in [2.05, 4.69) is 26.5 Å². The quantitative estimate of drug-likeness (QED) is 0.299. The van der Waals surface area contributed by atoms with Gasteiger partial charge in [0.05, 0.1) is 29.1 Å². The summed E-state index contributed by atoms with van der Waals surface area (Å²) in [4.78, 5) is 0. The summed E-state index contributed by atoms with van der Waals surface area (Å²) in [5.74, 6) is 1.30. The summed E-state index contributed by atoms with van der Waals surface area (Å²) in [6, 6.07) is 18.8. The Labute approximate surface area is 182 Å². The molecular formula is C21H17BrCl2N2O2. The first-order chi connectivity index (χ1) is 13.5. The Morgan fingerprint density at radius 2 is 1.75 bits per heavy atom. The standard InChI is InChI=1S/C21H17BrCl2N2O2/c1-27-21-10-15(12-25-26-17-7-8-18(23)19(24)11-17)4-9-20(21)28-13-14-2-5-16(22)6-3-14/h2-12,26H,13H2,1H3. The molecule has 3 rings (SSSR count). The first-order valence-corrected chi connectivity index (χ1v) is 9.89. The zero-order valence-corrected chi connectivity index (χ0v) is 18.1. The molecule has 3 aromatic rings. The van der Waals surface area contributed by atoms with Crippen LogP contribution in [0.25, 0.3) is 0 Å². The van der Waals surface area contributed by atoms with Crippen LogP contribution in [0.2, 0.25) is 10.0 Å². The molecule has 0 amide bonds. The van der Waals surface area contributed by atoms with E-state index in [9.17, 15) is 0 Å². The minimum atomic E-state index is 0.454. The first kappa shape index (κ1) is 20.5. The molecule has 0 aromatic heterocycles. The van der Waals surface area contributed by atoms with Gasteiger partial charge in [-0.3, -0.25) is 5.43 Å². The van der Waals surface area contributed by atoms with E-state index in [-0.39, 0.29) is 0 Å². The second-order valence-corrected chi connectivity index (χ2v) is 7.55. The molecule has 0 spiro atoms. The van der Waals surface area contributed by atoms with E-state index in [1.165, 1.54) is 0 Å². The Morgan fingerprint density at radius 3 is 2.46 bits per heavy atom. The molecule has 144 valence electrons. The Morgan fingerprint density at radius 1 is 0.964 bits per heavy atom. The Balaban J connectivity index is 1.64. The third-order valence-electron chi connectivity index (χ3n) is 3.82. The highest BCUT2D eigenvalue weighted by Gasteiger charge is 2.06. The average molecular weight is 480 g/mol. The van der Waals surface area contributed by atoms with Gasteiger partial charge in [0.2, 0.25) is 0 Å². The molecule has 0 unspecified atom stereocenters. The fourth-order valence-corrected chi connectivity index (χ4v) is 2.93. The van der Waals surface area contributed by atoms with Crippen LogP contribution in [0.15, 0.2) is 70.2 Å². The zero-order chi connectivity index (χ0) is 19.9. The van der Waals surface area contributed by atoms with Crippen molar-refractivity contribution in [3.8, 4) is 11.5 Å². The lowest BCUT2D eigenvalue weighted by Gasteiger charge is -2.11. The molecule has 3 aromatic carbocycles. The highest BCUT2D eigenvalue weighted by Crippen LogP contribution is 2.29. The van der Waals surface area contributed by atoms with Crippen LogP contribution in [0.1, 0.15) is 11.1 Å². The summed E-state index contributed by atoms with van der Waals surface area (Å²) in [5, 5.41) is 5.18. The topological polar surface area (TPSA) is 42.8 Å². The lowest BCUT2D eigenvalue weighted by atomic mass is 10.2. The van der Waals surface area contributed by atoms with Crippen LogP contribution in [0.3, 0.4) is 0 Å². The van der Waals surface area contributed by atoms with Gasteiger partial charge in [0.25, 0.3) is 0 Å². The minimum Gasteiger partial charge on any atom is -0.493 e. The highest BCUT2D eigenvalue weighted by molar-refractivity contribution is 9.10. The van der Waals surface area contributed by atoms with Gasteiger partial charge in [0.1, 0.15) is 6.61 Å². The van der Waals surface area contributed by atoms with Crippen molar-refractivity contribution in [1.29, 1.82) is 0 Å². The number of hydrazone groups is 1. The van der Waals surface area contributed by atoms with Crippen LogP contribution in [-0.4, -0.2) is 13.3 Å². The number of hydrogen-bond acceptors (Lipinski definition) is 4. The van der Waals surface area contributed by atoms with Gasteiger partial charge < -0.3 is 9.47 Å². The van der Waals surface area contributed by atoms with Crippen molar-refractivity contribution in [2.75, 3.05) is 12.5 Å². The Bertz CT molecular complexity index is 979. The maximum atomic E-state index is 5.99. The number of benzene rings is 3. The van der Waals surface area contributed by atoms with Gasteiger partial charge in [-0.15, -0.1) is 0 Å². The number of halogens is 3. The Kier molecular flexibility index (Phi) is 7.20. The third-order valence-corrected chi connectivity index (χ3v) is 5.09. The van der Waals surface area contributed by atoms with Gasteiger partial charge in [-0.1, -0.05) is 51.3 Å². The van der Waals surface area contributed by atoms with Gasteiger partial charge in [0, 0.05) is 4.47 Å². The summed E-state index contributed by atoms with van der Waals surface area (Å²) in [6.45, 7) is 0.454. The van der Waals surface area contributed by atoms with Crippen molar-refractivity contribution in [1.82, 2.24) is 0 Å². The molecule has 0 bridgehead atoms. The smallest absolute Gasteiger partial charge is 0.161 e. The lowest BCUT2D eigenvalue weighted by Crippen LogP contribution is -1.98. The largest absolute Gasteiger partial charge is 0.493 e. The number of nitrogens with one attached hydrogen (secondary N) is 1. The molecule has 4 nitrogen and oxygen atoms in total. The molecule has 0 aliphatic rings. The second kappa shape index (κ2) is 9.82. The van der Waals surface area contributed by atoms with E-state index >= 15 is 0 Å². The monoisotopic (exact) mass is 478 g/mol. The van der Waals surface area contributed by atoms with E-state index in [4.69, 9.17) is 32.7 Å².